The lowest BCUT2D eigenvalue weighted by Crippen LogP contribution is -2.09. The normalized spacial score (nSPS) is 10.1. The molecule has 0 saturated heterocycles. The van der Waals surface area contributed by atoms with Crippen LogP contribution in [0.15, 0.2) is 35.1 Å². The van der Waals surface area contributed by atoms with E-state index in [1.807, 2.05) is 0 Å². The Morgan fingerprint density at radius 2 is 2.24 bits per heavy atom. The maximum absolute atomic E-state index is 10.9. The molecule has 0 spiro atoms. The SMILES string of the molecule is O=C(O)c1ccccc1NCCc1ncno1. The first-order valence-electron chi connectivity index (χ1n) is 5.09. The Morgan fingerprint density at radius 1 is 1.41 bits per heavy atom. The van der Waals surface area contributed by atoms with Gasteiger partial charge in [0.05, 0.1) is 5.56 Å². The van der Waals surface area contributed by atoms with E-state index in [1.165, 1.54) is 6.33 Å². The predicted molar refractivity (Wildman–Crippen MR) is 59.9 cm³/mol. The molecule has 1 heterocycles. The number of aromatic carboxylic acids is 1. The number of nitrogens with one attached hydrogen (secondary N) is 1. The van der Waals surface area contributed by atoms with Crippen molar-refractivity contribution in [1.29, 1.82) is 0 Å². The van der Waals surface area contributed by atoms with Crippen LogP contribution in [0, 0.1) is 0 Å². The van der Waals surface area contributed by atoms with E-state index in [2.05, 4.69) is 15.5 Å². The molecule has 0 radical (unpaired) electrons. The smallest absolute Gasteiger partial charge is 0.337 e. The van der Waals surface area contributed by atoms with Crippen molar-refractivity contribution in [2.75, 3.05) is 11.9 Å². The first-order chi connectivity index (χ1) is 8.27. The Hall–Kier alpha value is -2.37. The molecule has 0 atom stereocenters. The van der Waals surface area contributed by atoms with Crippen molar-refractivity contribution in [3.05, 3.63) is 42.0 Å². The highest BCUT2D eigenvalue weighted by atomic mass is 16.5. The van der Waals surface area contributed by atoms with Crippen molar-refractivity contribution in [2.24, 2.45) is 0 Å². The van der Waals surface area contributed by atoms with Gasteiger partial charge in [0.2, 0.25) is 5.89 Å². The molecule has 1 aromatic heterocycles. The summed E-state index contributed by atoms with van der Waals surface area (Å²) in [5.74, 6) is -0.434. The lowest BCUT2D eigenvalue weighted by molar-refractivity contribution is 0.0698. The van der Waals surface area contributed by atoms with Crippen molar-refractivity contribution in [3.8, 4) is 0 Å². The van der Waals surface area contributed by atoms with Gasteiger partial charge in [-0.1, -0.05) is 17.3 Å². The fourth-order valence-electron chi connectivity index (χ4n) is 1.43. The number of rotatable bonds is 5. The van der Waals surface area contributed by atoms with Crippen molar-refractivity contribution < 1.29 is 14.4 Å². The van der Waals surface area contributed by atoms with E-state index in [0.717, 1.165) is 0 Å². The molecule has 0 aliphatic rings. The zero-order valence-electron chi connectivity index (χ0n) is 8.96. The molecule has 17 heavy (non-hydrogen) atoms. The van der Waals surface area contributed by atoms with E-state index in [-0.39, 0.29) is 5.56 Å². The van der Waals surface area contributed by atoms with Gasteiger partial charge in [-0.3, -0.25) is 0 Å². The minimum Gasteiger partial charge on any atom is -0.478 e. The number of nitrogens with zero attached hydrogens (tertiary/aromatic N) is 2. The van der Waals surface area contributed by atoms with Crippen LogP contribution in [-0.2, 0) is 6.42 Å². The van der Waals surface area contributed by atoms with Gasteiger partial charge in [-0.25, -0.2) is 4.79 Å². The van der Waals surface area contributed by atoms with E-state index in [1.54, 1.807) is 24.3 Å². The van der Waals surface area contributed by atoms with Gasteiger partial charge in [0.25, 0.3) is 0 Å². The van der Waals surface area contributed by atoms with E-state index < -0.39 is 5.97 Å². The van der Waals surface area contributed by atoms with Crippen molar-refractivity contribution in [1.82, 2.24) is 10.1 Å². The molecule has 6 nitrogen and oxygen atoms in total. The van der Waals surface area contributed by atoms with Gasteiger partial charge >= 0.3 is 5.97 Å². The van der Waals surface area contributed by atoms with Gasteiger partial charge in [0.1, 0.15) is 0 Å². The third kappa shape index (κ3) is 2.81. The van der Waals surface area contributed by atoms with E-state index in [0.29, 0.717) is 24.5 Å². The second kappa shape index (κ2) is 5.11. The Morgan fingerprint density at radius 3 is 2.94 bits per heavy atom. The van der Waals surface area contributed by atoms with Crippen LogP contribution in [0.5, 0.6) is 0 Å². The minimum absolute atomic E-state index is 0.248. The van der Waals surface area contributed by atoms with Crippen LogP contribution >= 0.6 is 0 Å². The highest BCUT2D eigenvalue weighted by molar-refractivity contribution is 5.94. The van der Waals surface area contributed by atoms with Crippen molar-refractivity contribution >= 4 is 11.7 Å². The fraction of sp³-hybridized carbons (Fsp3) is 0.182. The number of benzene rings is 1. The van der Waals surface area contributed by atoms with Crippen molar-refractivity contribution in [3.63, 3.8) is 0 Å². The number of carboxylic acid groups (broad SMARTS) is 1. The second-order valence-corrected chi connectivity index (χ2v) is 3.36. The first-order valence-corrected chi connectivity index (χ1v) is 5.09. The largest absolute Gasteiger partial charge is 0.478 e. The van der Waals surface area contributed by atoms with Crippen LogP contribution in [-0.4, -0.2) is 27.8 Å². The maximum atomic E-state index is 10.9. The fourth-order valence-corrected chi connectivity index (χ4v) is 1.43. The van der Waals surface area contributed by atoms with Crippen LogP contribution in [0.1, 0.15) is 16.2 Å². The Balaban J connectivity index is 1.97. The Bertz CT molecular complexity index is 496. The van der Waals surface area contributed by atoms with Gasteiger partial charge in [-0.15, -0.1) is 0 Å². The second-order valence-electron chi connectivity index (χ2n) is 3.36. The summed E-state index contributed by atoms with van der Waals surface area (Å²) in [5.41, 5.74) is 0.831. The summed E-state index contributed by atoms with van der Waals surface area (Å²) < 4.78 is 4.83. The molecular formula is C11H11N3O3. The van der Waals surface area contributed by atoms with Gasteiger partial charge < -0.3 is 14.9 Å². The lowest BCUT2D eigenvalue weighted by Gasteiger charge is -2.07. The zero-order chi connectivity index (χ0) is 12.1. The van der Waals surface area contributed by atoms with E-state index in [4.69, 9.17) is 9.63 Å². The standard InChI is InChI=1S/C11H11N3O3/c15-11(16)8-3-1-2-4-9(8)12-6-5-10-13-7-14-17-10/h1-4,7,12H,5-6H2,(H,15,16). The summed E-state index contributed by atoms with van der Waals surface area (Å²) in [6, 6.07) is 6.74. The quantitative estimate of drug-likeness (QED) is 0.812. The highest BCUT2D eigenvalue weighted by Crippen LogP contribution is 2.14. The summed E-state index contributed by atoms with van der Waals surface area (Å²) in [5, 5.41) is 15.5. The number of carboxylic acids is 1. The van der Waals surface area contributed by atoms with Crippen LogP contribution in [0.4, 0.5) is 5.69 Å². The summed E-state index contributed by atoms with van der Waals surface area (Å²) in [7, 11) is 0. The van der Waals surface area contributed by atoms with E-state index in [9.17, 15) is 4.79 Å². The van der Waals surface area contributed by atoms with Gasteiger partial charge in [-0.2, -0.15) is 4.98 Å². The molecule has 88 valence electrons. The van der Waals surface area contributed by atoms with Gasteiger partial charge in [0.15, 0.2) is 6.33 Å². The lowest BCUT2D eigenvalue weighted by atomic mass is 10.2. The predicted octanol–water partition coefficient (Wildman–Crippen LogP) is 1.42. The number of aromatic nitrogens is 2. The number of anilines is 1. The molecule has 0 unspecified atom stereocenters. The first kappa shape index (κ1) is 11.1. The van der Waals surface area contributed by atoms with Crippen LogP contribution in [0.25, 0.3) is 0 Å². The van der Waals surface area contributed by atoms with Crippen LogP contribution < -0.4 is 5.32 Å². The summed E-state index contributed by atoms with van der Waals surface area (Å²) in [6.45, 7) is 0.534. The molecule has 0 aliphatic carbocycles. The number of para-hydroxylation sites is 1. The van der Waals surface area contributed by atoms with Gasteiger partial charge in [0, 0.05) is 18.7 Å². The Labute approximate surface area is 97.3 Å². The monoisotopic (exact) mass is 233 g/mol. The van der Waals surface area contributed by atoms with Crippen LogP contribution in [0.2, 0.25) is 0 Å². The third-order valence-corrected chi connectivity index (χ3v) is 2.22. The average molecular weight is 233 g/mol. The number of hydrogen-bond acceptors (Lipinski definition) is 5. The zero-order valence-corrected chi connectivity index (χ0v) is 8.96. The van der Waals surface area contributed by atoms with Gasteiger partial charge in [-0.05, 0) is 12.1 Å². The molecule has 2 N–H and O–H groups in total. The number of hydrogen-bond donors (Lipinski definition) is 2. The molecule has 0 amide bonds. The topological polar surface area (TPSA) is 88.2 Å². The molecule has 0 fully saturated rings. The molecule has 0 aliphatic heterocycles. The summed E-state index contributed by atoms with van der Waals surface area (Å²) >= 11 is 0. The molecular weight excluding hydrogens is 222 g/mol. The highest BCUT2D eigenvalue weighted by Gasteiger charge is 2.08. The summed E-state index contributed by atoms with van der Waals surface area (Å²) in [4.78, 5) is 14.8. The average Bonchev–Trinajstić information content (AvgIpc) is 2.82. The van der Waals surface area contributed by atoms with E-state index >= 15 is 0 Å². The third-order valence-electron chi connectivity index (χ3n) is 2.22. The molecule has 0 bridgehead atoms. The molecule has 2 rings (SSSR count). The number of carbonyl (C=O) groups is 1. The van der Waals surface area contributed by atoms with Crippen molar-refractivity contribution in [2.45, 2.75) is 6.42 Å². The molecule has 6 heteroatoms. The van der Waals surface area contributed by atoms with Crippen LogP contribution in [0.3, 0.4) is 0 Å². The Kier molecular flexibility index (Phi) is 3.34. The summed E-state index contributed by atoms with van der Waals surface area (Å²) in [6.07, 6.45) is 1.88. The molecule has 2 aromatic rings. The molecule has 1 aromatic carbocycles. The maximum Gasteiger partial charge on any atom is 0.337 e. The molecule has 0 saturated carbocycles. The minimum atomic E-state index is -0.953.